The van der Waals surface area contributed by atoms with Crippen molar-refractivity contribution in [1.29, 1.82) is 0 Å². The Labute approximate surface area is 134 Å². The molecule has 0 atom stereocenters. The Balaban J connectivity index is 1.80. The summed E-state index contributed by atoms with van der Waals surface area (Å²) in [7, 11) is 0. The first kappa shape index (κ1) is 15.1. The average molecular weight is 322 g/mol. The third-order valence-electron chi connectivity index (χ3n) is 3.93. The van der Waals surface area contributed by atoms with Crippen LogP contribution in [0.15, 0.2) is 18.3 Å². The molecule has 1 aliphatic rings. The summed E-state index contributed by atoms with van der Waals surface area (Å²) in [6.45, 7) is 7.01. The molecule has 0 N–H and O–H groups in total. The van der Waals surface area contributed by atoms with Crippen LogP contribution >= 0.6 is 11.6 Å². The molecule has 0 saturated carbocycles. The summed E-state index contributed by atoms with van der Waals surface area (Å²) < 4.78 is 1.91. The number of aromatic nitrogens is 3. The van der Waals surface area contributed by atoms with E-state index in [0.717, 1.165) is 37.7 Å². The first-order valence-corrected chi connectivity index (χ1v) is 7.98. The van der Waals surface area contributed by atoms with Crippen molar-refractivity contribution in [2.45, 2.75) is 20.3 Å². The van der Waals surface area contributed by atoms with Crippen molar-refractivity contribution < 1.29 is 4.79 Å². The zero-order valence-electron chi connectivity index (χ0n) is 12.9. The van der Waals surface area contributed by atoms with Crippen molar-refractivity contribution in [1.82, 2.24) is 19.5 Å². The minimum Gasteiger partial charge on any atom is -0.341 e. The number of carbonyl (C=O) groups is 1. The predicted molar refractivity (Wildman–Crippen MR) is 86.2 cm³/mol. The van der Waals surface area contributed by atoms with Gasteiger partial charge in [0.1, 0.15) is 0 Å². The van der Waals surface area contributed by atoms with Gasteiger partial charge in [-0.15, -0.1) is 10.2 Å². The van der Waals surface area contributed by atoms with Crippen LogP contribution < -0.4 is 4.90 Å². The van der Waals surface area contributed by atoms with Crippen LogP contribution in [0.5, 0.6) is 0 Å². The molecule has 0 unspecified atom stereocenters. The molecule has 1 fully saturated rings. The van der Waals surface area contributed by atoms with Crippen LogP contribution in [0.2, 0.25) is 5.02 Å². The fourth-order valence-electron chi connectivity index (χ4n) is 2.77. The molecule has 0 bridgehead atoms. The molecule has 1 saturated heterocycles. The van der Waals surface area contributed by atoms with Gasteiger partial charge >= 0.3 is 0 Å². The van der Waals surface area contributed by atoms with Crippen molar-refractivity contribution in [2.24, 2.45) is 5.92 Å². The van der Waals surface area contributed by atoms with E-state index in [9.17, 15) is 4.79 Å². The fraction of sp³-hybridized carbons (Fsp3) is 0.533. The standard InChI is InChI=1S/C15H20ClN5O/c1-11(2)14(22)19-6-3-7-20(9-8-19)15-18-17-13-5-4-12(16)10-21(13)15/h4-5,10-11H,3,6-9H2,1-2H3. The molecule has 3 heterocycles. The summed E-state index contributed by atoms with van der Waals surface area (Å²) in [5, 5.41) is 9.12. The summed E-state index contributed by atoms with van der Waals surface area (Å²) in [4.78, 5) is 16.3. The zero-order valence-corrected chi connectivity index (χ0v) is 13.6. The summed E-state index contributed by atoms with van der Waals surface area (Å²) in [5.41, 5.74) is 0.777. The van der Waals surface area contributed by atoms with Gasteiger partial charge in [0.05, 0.1) is 5.02 Å². The molecule has 2 aromatic heterocycles. The van der Waals surface area contributed by atoms with Gasteiger partial charge in [-0.25, -0.2) is 0 Å². The third-order valence-corrected chi connectivity index (χ3v) is 4.16. The lowest BCUT2D eigenvalue weighted by Crippen LogP contribution is -2.37. The lowest BCUT2D eigenvalue weighted by Gasteiger charge is -2.23. The molecule has 1 aliphatic heterocycles. The lowest BCUT2D eigenvalue weighted by atomic mass is 10.2. The zero-order chi connectivity index (χ0) is 15.7. The summed E-state index contributed by atoms with van der Waals surface area (Å²) in [6, 6.07) is 3.66. The maximum absolute atomic E-state index is 12.2. The Morgan fingerprint density at radius 2 is 2.00 bits per heavy atom. The Bertz CT molecular complexity index is 684. The summed E-state index contributed by atoms with van der Waals surface area (Å²) >= 11 is 6.07. The van der Waals surface area contributed by atoms with Gasteiger partial charge in [0.15, 0.2) is 5.65 Å². The molecule has 0 spiro atoms. The van der Waals surface area contributed by atoms with Crippen molar-refractivity contribution in [3.8, 4) is 0 Å². The van der Waals surface area contributed by atoms with Crippen molar-refractivity contribution >= 4 is 29.1 Å². The Morgan fingerprint density at radius 1 is 1.18 bits per heavy atom. The highest BCUT2D eigenvalue weighted by atomic mass is 35.5. The van der Waals surface area contributed by atoms with E-state index >= 15 is 0 Å². The summed E-state index contributed by atoms with van der Waals surface area (Å²) in [5.74, 6) is 1.05. The molecule has 6 nitrogen and oxygen atoms in total. The molecular weight excluding hydrogens is 302 g/mol. The van der Waals surface area contributed by atoms with E-state index in [1.807, 2.05) is 35.4 Å². The van der Waals surface area contributed by atoms with E-state index in [0.29, 0.717) is 11.6 Å². The van der Waals surface area contributed by atoms with Crippen LogP contribution in [0.25, 0.3) is 5.65 Å². The van der Waals surface area contributed by atoms with Gasteiger partial charge in [0.25, 0.3) is 0 Å². The molecule has 7 heteroatoms. The first-order chi connectivity index (χ1) is 10.6. The number of nitrogens with zero attached hydrogens (tertiary/aromatic N) is 5. The number of pyridine rings is 1. The average Bonchev–Trinajstić information content (AvgIpc) is 2.75. The number of anilines is 1. The monoisotopic (exact) mass is 321 g/mol. The topological polar surface area (TPSA) is 53.7 Å². The lowest BCUT2D eigenvalue weighted by molar-refractivity contribution is -0.134. The van der Waals surface area contributed by atoms with Gasteiger partial charge < -0.3 is 9.80 Å². The van der Waals surface area contributed by atoms with Crippen LogP contribution in [-0.2, 0) is 4.79 Å². The number of carbonyl (C=O) groups excluding carboxylic acids is 1. The number of halogens is 1. The minimum absolute atomic E-state index is 0.0410. The van der Waals surface area contributed by atoms with E-state index in [4.69, 9.17) is 11.6 Å². The van der Waals surface area contributed by atoms with E-state index in [-0.39, 0.29) is 11.8 Å². The molecular formula is C15H20ClN5O. The van der Waals surface area contributed by atoms with Gasteiger partial charge in [-0.3, -0.25) is 9.20 Å². The second kappa shape index (κ2) is 6.12. The maximum Gasteiger partial charge on any atom is 0.231 e. The largest absolute Gasteiger partial charge is 0.341 e. The number of hydrogen-bond donors (Lipinski definition) is 0. The predicted octanol–water partition coefficient (Wildman–Crippen LogP) is 2.08. The molecule has 0 aromatic carbocycles. The van der Waals surface area contributed by atoms with Gasteiger partial charge in [-0.2, -0.15) is 0 Å². The van der Waals surface area contributed by atoms with E-state index in [1.54, 1.807) is 6.07 Å². The fourth-order valence-corrected chi connectivity index (χ4v) is 2.93. The number of hydrogen-bond acceptors (Lipinski definition) is 4. The Hall–Kier alpha value is -1.82. The molecule has 3 rings (SSSR count). The quantitative estimate of drug-likeness (QED) is 0.850. The van der Waals surface area contributed by atoms with Crippen LogP contribution in [0, 0.1) is 5.92 Å². The van der Waals surface area contributed by atoms with Crippen molar-refractivity contribution in [3.63, 3.8) is 0 Å². The molecule has 0 radical (unpaired) electrons. The van der Waals surface area contributed by atoms with Crippen molar-refractivity contribution in [3.05, 3.63) is 23.4 Å². The highest BCUT2D eigenvalue weighted by Gasteiger charge is 2.23. The SMILES string of the molecule is CC(C)C(=O)N1CCCN(c2nnc3ccc(Cl)cn23)CC1. The van der Waals surface area contributed by atoms with E-state index in [2.05, 4.69) is 15.1 Å². The van der Waals surface area contributed by atoms with Gasteiger partial charge in [-0.1, -0.05) is 25.4 Å². The molecule has 22 heavy (non-hydrogen) atoms. The van der Waals surface area contributed by atoms with Crippen molar-refractivity contribution in [2.75, 3.05) is 31.1 Å². The first-order valence-electron chi connectivity index (χ1n) is 7.60. The van der Waals surface area contributed by atoms with E-state index < -0.39 is 0 Å². The number of fused-ring (bicyclic) bond motifs is 1. The highest BCUT2D eigenvalue weighted by Crippen LogP contribution is 2.19. The normalized spacial score (nSPS) is 16.4. The molecule has 118 valence electrons. The Kier molecular flexibility index (Phi) is 4.20. The van der Waals surface area contributed by atoms with Crippen LogP contribution in [0.4, 0.5) is 5.95 Å². The summed E-state index contributed by atoms with van der Waals surface area (Å²) in [6.07, 6.45) is 2.75. The second-order valence-corrected chi connectivity index (χ2v) is 6.33. The maximum atomic E-state index is 12.2. The second-order valence-electron chi connectivity index (χ2n) is 5.90. The molecule has 2 aromatic rings. The number of amides is 1. The van der Waals surface area contributed by atoms with Crippen LogP contribution in [-0.4, -0.2) is 51.6 Å². The molecule has 0 aliphatic carbocycles. The number of rotatable bonds is 2. The molecule has 1 amide bonds. The van der Waals surface area contributed by atoms with Crippen LogP contribution in [0.1, 0.15) is 20.3 Å². The van der Waals surface area contributed by atoms with Gasteiger partial charge in [0, 0.05) is 38.3 Å². The van der Waals surface area contributed by atoms with Gasteiger partial charge in [0.2, 0.25) is 11.9 Å². The van der Waals surface area contributed by atoms with E-state index in [1.165, 1.54) is 0 Å². The van der Waals surface area contributed by atoms with Gasteiger partial charge in [-0.05, 0) is 18.6 Å². The third kappa shape index (κ3) is 2.88. The minimum atomic E-state index is 0.0410. The van der Waals surface area contributed by atoms with Crippen LogP contribution in [0.3, 0.4) is 0 Å². The Morgan fingerprint density at radius 3 is 2.77 bits per heavy atom. The highest BCUT2D eigenvalue weighted by molar-refractivity contribution is 6.30. The smallest absolute Gasteiger partial charge is 0.231 e.